The fourth-order valence-electron chi connectivity index (χ4n) is 1.74. The molecule has 0 aliphatic carbocycles. The van der Waals surface area contributed by atoms with Crippen LogP contribution in [-0.2, 0) is 11.3 Å². The van der Waals surface area contributed by atoms with E-state index in [-0.39, 0.29) is 17.1 Å². The molecule has 4 nitrogen and oxygen atoms in total. The van der Waals surface area contributed by atoms with Gasteiger partial charge >= 0.3 is 0 Å². The van der Waals surface area contributed by atoms with E-state index in [1.54, 1.807) is 0 Å². The summed E-state index contributed by atoms with van der Waals surface area (Å²) in [4.78, 5) is 5.91. The van der Waals surface area contributed by atoms with Crippen molar-refractivity contribution in [3.05, 3.63) is 34.4 Å². The topological polar surface area (TPSA) is 50.8 Å². The molecular formula is C12H14ClF2N3O. The van der Waals surface area contributed by atoms with E-state index < -0.39 is 11.6 Å². The first kappa shape index (κ1) is 14.0. The Balaban J connectivity index is 2.06. The number of ether oxygens (including phenoxy) is 1. The first-order chi connectivity index (χ1) is 9.08. The van der Waals surface area contributed by atoms with Crippen LogP contribution in [0, 0.1) is 11.6 Å². The van der Waals surface area contributed by atoms with Crippen molar-refractivity contribution in [3.63, 3.8) is 0 Å². The molecule has 1 aliphatic rings. The summed E-state index contributed by atoms with van der Waals surface area (Å²) in [7, 11) is 0. The number of nitrogens with zero attached hydrogens (tertiary/aromatic N) is 2. The molecule has 2 rings (SSSR count). The first-order valence-corrected chi connectivity index (χ1v) is 6.22. The summed E-state index contributed by atoms with van der Waals surface area (Å²) in [5, 5.41) is -0.244. The molecule has 7 heteroatoms. The van der Waals surface area contributed by atoms with Crippen LogP contribution in [0.1, 0.15) is 5.56 Å². The van der Waals surface area contributed by atoms with E-state index in [0.717, 1.165) is 12.1 Å². The molecule has 1 saturated heterocycles. The van der Waals surface area contributed by atoms with Crippen LogP contribution in [0.4, 0.5) is 8.78 Å². The smallest absolute Gasteiger partial charge is 0.191 e. The molecule has 0 aromatic heterocycles. The molecule has 0 bridgehead atoms. The molecule has 0 saturated carbocycles. The summed E-state index contributed by atoms with van der Waals surface area (Å²) in [5.74, 6) is -0.957. The molecule has 0 radical (unpaired) electrons. The van der Waals surface area contributed by atoms with E-state index in [1.165, 1.54) is 0 Å². The van der Waals surface area contributed by atoms with Gasteiger partial charge in [0.1, 0.15) is 11.6 Å². The molecule has 0 spiro atoms. The van der Waals surface area contributed by atoms with Gasteiger partial charge in [0.2, 0.25) is 0 Å². The third kappa shape index (κ3) is 3.54. The van der Waals surface area contributed by atoms with E-state index in [2.05, 4.69) is 4.99 Å². The van der Waals surface area contributed by atoms with Gasteiger partial charge in [0.15, 0.2) is 5.96 Å². The second kappa shape index (κ2) is 6.16. The van der Waals surface area contributed by atoms with Gasteiger partial charge in [-0.1, -0.05) is 11.6 Å². The number of aliphatic imine (C=N–C) groups is 1. The third-order valence-electron chi connectivity index (χ3n) is 2.84. The predicted octanol–water partition coefficient (Wildman–Crippen LogP) is 1.77. The molecule has 0 atom stereocenters. The number of hydrogen-bond acceptors (Lipinski definition) is 2. The second-order valence-corrected chi connectivity index (χ2v) is 4.54. The standard InChI is InChI=1S/C12H14ClF2N3O/c13-9-6-10(14)8(5-11(9)15)7-17-12(16)18-1-3-19-4-2-18/h5-6H,1-4,7H2,(H2,16,17). The molecule has 1 fully saturated rings. The highest BCUT2D eigenvalue weighted by Crippen LogP contribution is 2.19. The zero-order chi connectivity index (χ0) is 13.8. The van der Waals surface area contributed by atoms with E-state index in [1.807, 2.05) is 4.90 Å². The molecule has 0 amide bonds. The second-order valence-electron chi connectivity index (χ2n) is 4.13. The van der Waals surface area contributed by atoms with E-state index in [0.29, 0.717) is 32.3 Å². The number of halogens is 3. The van der Waals surface area contributed by atoms with Gasteiger partial charge in [-0.3, -0.25) is 0 Å². The maximum Gasteiger partial charge on any atom is 0.191 e. The lowest BCUT2D eigenvalue weighted by Gasteiger charge is -2.27. The van der Waals surface area contributed by atoms with Gasteiger partial charge in [0, 0.05) is 18.7 Å². The summed E-state index contributed by atoms with van der Waals surface area (Å²) in [6.07, 6.45) is 0. The molecule has 1 aliphatic heterocycles. The summed E-state index contributed by atoms with van der Waals surface area (Å²) < 4.78 is 31.9. The zero-order valence-corrected chi connectivity index (χ0v) is 11.0. The highest BCUT2D eigenvalue weighted by molar-refractivity contribution is 6.30. The summed E-state index contributed by atoms with van der Waals surface area (Å²) in [6.45, 7) is 2.43. The molecule has 1 aromatic rings. The first-order valence-electron chi connectivity index (χ1n) is 5.84. The Morgan fingerprint density at radius 3 is 2.68 bits per heavy atom. The molecule has 19 heavy (non-hydrogen) atoms. The minimum absolute atomic E-state index is 0.0247. The molecule has 0 unspecified atom stereocenters. The lowest BCUT2D eigenvalue weighted by Crippen LogP contribution is -2.44. The number of benzene rings is 1. The Hall–Kier alpha value is -1.40. The Morgan fingerprint density at radius 2 is 2.00 bits per heavy atom. The van der Waals surface area contributed by atoms with E-state index in [4.69, 9.17) is 22.1 Å². The van der Waals surface area contributed by atoms with Crippen molar-refractivity contribution in [3.8, 4) is 0 Å². The Bertz CT molecular complexity index is 490. The minimum atomic E-state index is -0.668. The van der Waals surface area contributed by atoms with Crippen molar-refractivity contribution in [1.29, 1.82) is 0 Å². The molecule has 1 aromatic carbocycles. The van der Waals surface area contributed by atoms with Gasteiger partial charge in [-0.25, -0.2) is 13.8 Å². The van der Waals surface area contributed by atoms with Gasteiger partial charge in [-0.2, -0.15) is 0 Å². The fraction of sp³-hybridized carbons (Fsp3) is 0.417. The maximum atomic E-state index is 13.5. The lowest BCUT2D eigenvalue weighted by molar-refractivity contribution is 0.0674. The van der Waals surface area contributed by atoms with Gasteiger partial charge < -0.3 is 15.4 Å². The van der Waals surface area contributed by atoms with E-state index in [9.17, 15) is 8.78 Å². The normalized spacial score (nSPS) is 16.8. The third-order valence-corrected chi connectivity index (χ3v) is 3.13. The van der Waals surface area contributed by atoms with Gasteiger partial charge in [-0.15, -0.1) is 0 Å². The van der Waals surface area contributed by atoms with Gasteiger partial charge in [0.25, 0.3) is 0 Å². The summed E-state index contributed by atoms with van der Waals surface area (Å²) >= 11 is 5.47. The van der Waals surface area contributed by atoms with Crippen LogP contribution < -0.4 is 5.73 Å². The predicted molar refractivity (Wildman–Crippen MR) is 69.1 cm³/mol. The van der Waals surface area contributed by atoms with Gasteiger partial charge in [0.05, 0.1) is 24.8 Å². The zero-order valence-electron chi connectivity index (χ0n) is 10.2. The van der Waals surface area contributed by atoms with Crippen LogP contribution in [0.25, 0.3) is 0 Å². The van der Waals surface area contributed by atoms with Crippen LogP contribution in [0.3, 0.4) is 0 Å². The molecule has 2 N–H and O–H groups in total. The molecule has 104 valence electrons. The van der Waals surface area contributed by atoms with Crippen molar-refractivity contribution in [2.24, 2.45) is 10.7 Å². The van der Waals surface area contributed by atoms with Crippen molar-refractivity contribution >= 4 is 17.6 Å². The monoisotopic (exact) mass is 289 g/mol. The number of morpholine rings is 1. The highest BCUT2D eigenvalue weighted by atomic mass is 35.5. The average Bonchev–Trinajstić information content (AvgIpc) is 2.42. The number of nitrogens with two attached hydrogens (primary N) is 1. The minimum Gasteiger partial charge on any atom is -0.378 e. The average molecular weight is 290 g/mol. The SMILES string of the molecule is NC(=NCc1cc(F)c(Cl)cc1F)N1CCOCC1. The van der Waals surface area contributed by atoms with Crippen molar-refractivity contribution in [1.82, 2.24) is 4.90 Å². The molecular weight excluding hydrogens is 276 g/mol. The number of hydrogen-bond donors (Lipinski definition) is 1. The maximum absolute atomic E-state index is 13.5. The molecule has 1 heterocycles. The highest BCUT2D eigenvalue weighted by Gasteiger charge is 2.13. The van der Waals surface area contributed by atoms with Crippen LogP contribution in [0.2, 0.25) is 5.02 Å². The van der Waals surface area contributed by atoms with Crippen LogP contribution in [0.15, 0.2) is 17.1 Å². The summed E-state index contributed by atoms with van der Waals surface area (Å²) in [6, 6.07) is 1.97. The van der Waals surface area contributed by atoms with Crippen LogP contribution in [-0.4, -0.2) is 37.2 Å². The fourth-order valence-corrected chi connectivity index (χ4v) is 1.89. The lowest BCUT2D eigenvalue weighted by atomic mass is 10.2. The van der Waals surface area contributed by atoms with Crippen molar-refractivity contribution in [2.75, 3.05) is 26.3 Å². The van der Waals surface area contributed by atoms with Crippen LogP contribution >= 0.6 is 11.6 Å². The van der Waals surface area contributed by atoms with E-state index >= 15 is 0 Å². The Kier molecular flexibility index (Phi) is 4.55. The van der Waals surface area contributed by atoms with Crippen LogP contribution in [0.5, 0.6) is 0 Å². The largest absolute Gasteiger partial charge is 0.378 e. The number of rotatable bonds is 2. The van der Waals surface area contributed by atoms with Crippen molar-refractivity contribution < 1.29 is 13.5 Å². The Morgan fingerprint density at radius 1 is 1.32 bits per heavy atom. The quantitative estimate of drug-likeness (QED) is 0.513. The summed E-state index contributed by atoms with van der Waals surface area (Å²) in [5.41, 5.74) is 5.92. The van der Waals surface area contributed by atoms with Gasteiger partial charge in [-0.05, 0) is 12.1 Å². The number of guanidine groups is 1. The van der Waals surface area contributed by atoms with Crippen molar-refractivity contribution in [2.45, 2.75) is 6.54 Å². The Labute approximate surface area is 114 Å².